The van der Waals surface area contributed by atoms with Gasteiger partial charge in [-0.2, -0.15) is 0 Å². The van der Waals surface area contributed by atoms with Crippen molar-refractivity contribution in [2.45, 2.75) is 6.92 Å². The van der Waals surface area contributed by atoms with Gasteiger partial charge in [0, 0.05) is 17.2 Å². The van der Waals surface area contributed by atoms with Crippen molar-refractivity contribution in [3.8, 4) is 0 Å². The minimum absolute atomic E-state index is 0.0225. The summed E-state index contributed by atoms with van der Waals surface area (Å²) in [6.45, 7) is 1.90. The number of hydrogen-bond acceptors (Lipinski definition) is 6. The first-order chi connectivity index (χ1) is 13.7. The molecule has 29 heavy (non-hydrogen) atoms. The number of thiocarbonyl (C=S) groups is 1. The van der Waals surface area contributed by atoms with Crippen LogP contribution in [-0.4, -0.2) is 20.9 Å². The Hall–Kier alpha value is -2.59. The summed E-state index contributed by atoms with van der Waals surface area (Å²) in [4.78, 5) is 26.7. The van der Waals surface area contributed by atoms with E-state index < -0.39 is 10.8 Å². The third-order valence-electron chi connectivity index (χ3n) is 3.72. The number of amides is 1. The van der Waals surface area contributed by atoms with Crippen LogP contribution in [0.25, 0.3) is 16.3 Å². The highest BCUT2D eigenvalue weighted by Crippen LogP contribution is 2.30. The molecule has 2 N–H and O–H groups in total. The van der Waals surface area contributed by atoms with Crippen LogP contribution in [0.4, 0.5) is 10.8 Å². The van der Waals surface area contributed by atoms with Gasteiger partial charge in [0.15, 0.2) is 10.2 Å². The molecular weight excluding hydrogens is 455 g/mol. The van der Waals surface area contributed by atoms with Gasteiger partial charge in [0.2, 0.25) is 5.91 Å². The van der Waals surface area contributed by atoms with E-state index in [1.54, 1.807) is 12.1 Å². The van der Waals surface area contributed by atoms with Gasteiger partial charge in [0.1, 0.15) is 5.02 Å². The number of nitrogens with one attached hydrogen (secondary N) is 2. The third kappa shape index (κ3) is 5.27. The number of fused-ring (bicyclic) bond motifs is 1. The van der Waals surface area contributed by atoms with Crippen molar-refractivity contribution < 1.29 is 9.72 Å². The van der Waals surface area contributed by atoms with Crippen LogP contribution in [0.1, 0.15) is 11.1 Å². The number of nitro groups is 1. The van der Waals surface area contributed by atoms with E-state index in [0.717, 1.165) is 15.8 Å². The molecule has 3 rings (SSSR count). The Morgan fingerprint density at radius 1 is 1.28 bits per heavy atom. The smallest absolute Gasteiger partial charge is 0.288 e. The molecule has 3 aromatic rings. The Morgan fingerprint density at radius 2 is 2.03 bits per heavy atom. The Bertz CT molecular complexity index is 1140. The zero-order chi connectivity index (χ0) is 21.1. The lowest BCUT2D eigenvalue weighted by molar-refractivity contribution is -0.384. The van der Waals surface area contributed by atoms with Crippen molar-refractivity contribution in [1.82, 2.24) is 10.3 Å². The number of nitrogens with zero attached hydrogens (tertiary/aromatic N) is 2. The minimum atomic E-state index is -0.592. The van der Waals surface area contributed by atoms with Gasteiger partial charge in [-0.1, -0.05) is 40.6 Å². The van der Waals surface area contributed by atoms with Crippen molar-refractivity contribution in [3.63, 3.8) is 0 Å². The zero-order valence-corrected chi connectivity index (χ0v) is 17.9. The fraction of sp³-hybridized carbons (Fsp3) is 0.0556. The standard InChI is InChI=1S/C18H12Cl2N4O3S2/c1-9-6-15-13(8-12(9)20)21-18(29-15)23-17(28)22-16(25)5-3-10-2-4-11(19)14(7-10)24(26)27/h2-8H,1H3,(H2,21,22,23,25,28). The number of hydrogen-bond donors (Lipinski definition) is 2. The van der Waals surface area contributed by atoms with Crippen molar-refractivity contribution >= 4 is 84.9 Å². The summed E-state index contributed by atoms with van der Waals surface area (Å²) < 4.78 is 0.938. The van der Waals surface area contributed by atoms with Gasteiger partial charge in [0.05, 0.1) is 15.1 Å². The topological polar surface area (TPSA) is 97.2 Å². The van der Waals surface area contributed by atoms with Crippen molar-refractivity contribution in [3.05, 3.63) is 67.7 Å². The number of nitro benzene ring substituents is 1. The molecule has 1 aromatic heterocycles. The number of thiazole rings is 1. The summed E-state index contributed by atoms with van der Waals surface area (Å²) in [5.41, 5.74) is 1.88. The molecule has 0 aliphatic heterocycles. The maximum absolute atomic E-state index is 12.0. The molecule has 7 nitrogen and oxygen atoms in total. The lowest BCUT2D eigenvalue weighted by atomic mass is 10.2. The summed E-state index contributed by atoms with van der Waals surface area (Å²) in [5.74, 6) is -0.500. The highest BCUT2D eigenvalue weighted by atomic mass is 35.5. The van der Waals surface area contributed by atoms with Gasteiger partial charge < -0.3 is 5.32 Å². The first-order valence-electron chi connectivity index (χ1n) is 8.03. The first kappa shape index (κ1) is 21.1. The fourth-order valence-electron chi connectivity index (χ4n) is 2.33. The van der Waals surface area contributed by atoms with Crippen LogP contribution in [0.2, 0.25) is 10.0 Å². The molecule has 2 aromatic carbocycles. The van der Waals surface area contributed by atoms with Crippen LogP contribution >= 0.6 is 46.8 Å². The van der Waals surface area contributed by atoms with Crippen LogP contribution in [0.3, 0.4) is 0 Å². The molecular formula is C18H12Cl2N4O3S2. The Kier molecular flexibility index (Phi) is 6.43. The largest absolute Gasteiger partial charge is 0.308 e. The van der Waals surface area contributed by atoms with Gasteiger partial charge in [-0.05, 0) is 54.5 Å². The van der Waals surface area contributed by atoms with Gasteiger partial charge in [-0.25, -0.2) is 4.98 Å². The van der Waals surface area contributed by atoms with E-state index in [-0.39, 0.29) is 15.8 Å². The van der Waals surface area contributed by atoms with E-state index in [1.165, 1.54) is 35.6 Å². The number of carbonyl (C=O) groups is 1. The second-order valence-corrected chi connectivity index (χ2v) is 8.09. The number of carbonyl (C=O) groups excluding carboxylic acids is 1. The molecule has 0 atom stereocenters. The number of rotatable bonds is 4. The number of halogens is 2. The summed E-state index contributed by atoms with van der Waals surface area (Å²) >= 11 is 18.4. The molecule has 0 saturated carbocycles. The number of aromatic nitrogens is 1. The van der Waals surface area contributed by atoms with E-state index in [9.17, 15) is 14.9 Å². The molecule has 0 saturated heterocycles. The maximum atomic E-state index is 12.0. The average molecular weight is 467 g/mol. The van der Waals surface area contributed by atoms with Gasteiger partial charge in [-0.3, -0.25) is 20.2 Å². The Balaban J connectivity index is 1.63. The zero-order valence-electron chi connectivity index (χ0n) is 14.7. The Morgan fingerprint density at radius 3 is 2.76 bits per heavy atom. The molecule has 0 bridgehead atoms. The summed E-state index contributed by atoms with van der Waals surface area (Å²) in [6, 6.07) is 7.92. The van der Waals surface area contributed by atoms with Crippen LogP contribution in [0, 0.1) is 17.0 Å². The summed E-state index contributed by atoms with van der Waals surface area (Å²) in [5, 5.41) is 17.5. The summed E-state index contributed by atoms with van der Waals surface area (Å²) in [7, 11) is 0. The van der Waals surface area contributed by atoms with E-state index in [2.05, 4.69) is 15.6 Å². The van der Waals surface area contributed by atoms with Crippen molar-refractivity contribution in [2.75, 3.05) is 5.32 Å². The molecule has 0 radical (unpaired) electrons. The third-order valence-corrected chi connectivity index (χ3v) is 5.58. The monoisotopic (exact) mass is 466 g/mol. The SMILES string of the molecule is Cc1cc2sc(NC(=S)NC(=O)C=Cc3ccc(Cl)c([N+](=O)[O-])c3)nc2cc1Cl. The van der Waals surface area contributed by atoms with Crippen LogP contribution in [0.5, 0.6) is 0 Å². The molecule has 0 spiro atoms. The van der Waals surface area contributed by atoms with Gasteiger partial charge in [0.25, 0.3) is 5.69 Å². The van der Waals surface area contributed by atoms with Gasteiger partial charge >= 0.3 is 0 Å². The Labute approximate surface area is 184 Å². The van der Waals surface area contributed by atoms with E-state index in [1.807, 2.05) is 13.0 Å². The van der Waals surface area contributed by atoms with Crippen LogP contribution in [0.15, 0.2) is 36.4 Å². The lowest BCUT2D eigenvalue weighted by Gasteiger charge is -2.04. The van der Waals surface area contributed by atoms with Crippen molar-refractivity contribution in [1.29, 1.82) is 0 Å². The maximum Gasteiger partial charge on any atom is 0.288 e. The second kappa shape index (κ2) is 8.83. The molecule has 0 unspecified atom stereocenters. The highest BCUT2D eigenvalue weighted by molar-refractivity contribution is 7.80. The van der Waals surface area contributed by atoms with Crippen LogP contribution in [-0.2, 0) is 4.79 Å². The molecule has 11 heteroatoms. The van der Waals surface area contributed by atoms with E-state index in [4.69, 9.17) is 35.4 Å². The van der Waals surface area contributed by atoms with E-state index >= 15 is 0 Å². The molecule has 1 amide bonds. The average Bonchev–Trinajstić information content (AvgIpc) is 3.01. The number of benzene rings is 2. The molecule has 0 aliphatic rings. The number of aryl methyl sites for hydroxylation is 1. The first-order valence-corrected chi connectivity index (χ1v) is 10.0. The lowest BCUT2D eigenvalue weighted by Crippen LogP contribution is -2.32. The van der Waals surface area contributed by atoms with Crippen molar-refractivity contribution in [2.24, 2.45) is 0 Å². The molecule has 0 fully saturated rings. The predicted molar refractivity (Wildman–Crippen MR) is 121 cm³/mol. The van der Waals surface area contributed by atoms with Crippen LogP contribution < -0.4 is 10.6 Å². The van der Waals surface area contributed by atoms with E-state index in [0.29, 0.717) is 15.7 Å². The molecule has 148 valence electrons. The fourth-order valence-corrected chi connectivity index (χ4v) is 3.89. The highest BCUT2D eigenvalue weighted by Gasteiger charge is 2.12. The summed E-state index contributed by atoms with van der Waals surface area (Å²) in [6.07, 6.45) is 2.63. The van der Waals surface area contributed by atoms with Gasteiger partial charge in [-0.15, -0.1) is 0 Å². The number of anilines is 1. The normalized spacial score (nSPS) is 11.0. The second-order valence-electron chi connectivity index (χ2n) is 5.83. The quantitative estimate of drug-likeness (QED) is 0.233. The molecule has 0 aliphatic carbocycles. The minimum Gasteiger partial charge on any atom is -0.308 e. The molecule has 1 heterocycles. The predicted octanol–water partition coefficient (Wildman–Crippen LogP) is 5.35.